The van der Waals surface area contributed by atoms with Crippen LogP contribution in [-0.4, -0.2) is 34.7 Å². The second-order valence-corrected chi connectivity index (χ2v) is 5.27. The van der Waals surface area contributed by atoms with Gasteiger partial charge in [-0.25, -0.2) is 0 Å². The van der Waals surface area contributed by atoms with Gasteiger partial charge in [-0.15, -0.1) is 0 Å². The van der Waals surface area contributed by atoms with Crippen LogP contribution in [0.15, 0.2) is 18.2 Å². The molecule has 1 saturated heterocycles. The molecule has 1 atom stereocenters. The van der Waals surface area contributed by atoms with Crippen molar-refractivity contribution in [2.24, 2.45) is 0 Å². The predicted molar refractivity (Wildman–Crippen MR) is 78.6 cm³/mol. The zero-order valence-corrected chi connectivity index (χ0v) is 11.7. The van der Waals surface area contributed by atoms with Crippen molar-refractivity contribution in [1.82, 2.24) is 5.32 Å². The van der Waals surface area contributed by atoms with Crippen LogP contribution >= 0.6 is 11.8 Å². The van der Waals surface area contributed by atoms with Crippen molar-refractivity contribution in [1.29, 1.82) is 0 Å². The van der Waals surface area contributed by atoms with Crippen molar-refractivity contribution >= 4 is 28.6 Å². The monoisotopic (exact) mass is 290 g/mol. The Balaban J connectivity index is 2.12. The van der Waals surface area contributed by atoms with E-state index in [0.29, 0.717) is 17.0 Å². The van der Waals surface area contributed by atoms with E-state index in [9.17, 15) is 9.59 Å². The van der Waals surface area contributed by atoms with Gasteiger partial charge in [0, 0.05) is 17.0 Å². The van der Waals surface area contributed by atoms with Gasteiger partial charge in [-0.05, 0) is 24.6 Å². The summed E-state index contributed by atoms with van der Waals surface area (Å²) in [5, 5.41) is 13.9. The normalized spacial score (nSPS) is 17.1. The first-order valence-corrected chi connectivity index (χ1v) is 7.03. The van der Waals surface area contributed by atoms with Crippen LogP contribution in [0.3, 0.4) is 0 Å². The van der Waals surface area contributed by atoms with E-state index in [0.717, 1.165) is 17.3 Å². The molecule has 1 aromatic rings. The highest BCUT2D eigenvalue weighted by Crippen LogP contribution is 2.19. The summed E-state index contributed by atoms with van der Waals surface area (Å²) in [6, 6.07) is 4.92. The number of benzene rings is 1. The highest BCUT2D eigenvalue weighted by atomic mass is 32.2. The van der Waals surface area contributed by atoms with E-state index < -0.39 is 6.04 Å². The summed E-state index contributed by atoms with van der Waals surface area (Å²) in [5.74, 6) is 5.55. The lowest BCUT2D eigenvalue weighted by molar-refractivity contribution is -0.117. The molecule has 1 aliphatic rings. The number of carbonyl (C=O) groups is 2. The molecule has 0 radical (unpaired) electrons. The highest BCUT2D eigenvalue weighted by molar-refractivity contribution is 8.14. The van der Waals surface area contributed by atoms with Gasteiger partial charge in [0.25, 0.3) is 5.24 Å². The van der Waals surface area contributed by atoms with Crippen LogP contribution in [0.1, 0.15) is 11.1 Å². The molecule has 2 amide bonds. The Morgan fingerprint density at radius 1 is 1.60 bits per heavy atom. The summed E-state index contributed by atoms with van der Waals surface area (Å²) in [7, 11) is 0. The number of hydrogen-bond acceptors (Lipinski definition) is 4. The van der Waals surface area contributed by atoms with E-state index in [-0.39, 0.29) is 17.8 Å². The van der Waals surface area contributed by atoms with Gasteiger partial charge in [0.05, 0.1) is 0 Å². The molecule has 1 fully saturated rings. The lowest BCUT2D eigenvalue weighted by Crippen LogP contribution is -2.38. The minimum absolute atomic E-state index is 0.176. The maximum Gasteiger partial charge on any atom is 0.279 e. The molecule has 0 aliphatic carbocycles. The molecule has 1 aromatic carbocycles. The van der Waals surface area contributed by atoms with Crippen LogP contribution in [0.4, 0.5) is 10.5 Å². The van der Waals surface area contributed by atoms with Crippen molar-refractivity contribution < 1.29 is 14.7 Å². The molecule has 0 bridgehead atoms. The van der Waals surface area contributed by atoms with Crippen LogP contribution in [0.25, 0.3) is 0 Å². The van der Waals surface area contributed by atoms with E-state index in [1.165, 1.54) is 0 Å². The van der Waals surface area contributed by atoms with Crippen LogP contribution in [0.2, 0.25) is 0 Å². The Morgan fingerprint density at radius 2 is 2.40 bits per heavy atom. The Hall–Kier alpha value is -1.97. The third-order valence-corrected chi connectivity index (χ3v) is 3.68. The maximum absolute atomic E-state index is 12.0. The zero-order valence-electron chi connectivity index (χ0n) is 10.9. The maximum atomic E-state index is 12.0. The van der Waals surface area contributed by atoms with Gasteiger partial charge < -0.3 is 15.7 Å². The number of nitrogens with one attached hydrogen (secondary N) is 2. The molecule has 0 saturated carbocycles. The largest absolute Gasteiger partial charge is 0.384 e. The number of aliphatic hydroxyl groups is 1. The highest BCUT2D eigenvalue weighted by Gasteiger charge is 2.28. The van der Waals surface area contributed by atoms with Gasteiger partial charge in [-0.3, -0.25) is 9.59 Å². The van der Waals surface area contributed by atoms with E-state index in [1.807, 2.05) is 19.1 Å². The Bertz CT molecular complexity index is 604. The molecular formula is C14H14N2O3S. The molecule has 0 spiro atoms. The molecular weight excluding hydrogens is 276 g/mol. The summed E-state index contributed by atoms with van der Waals surface area (Å²) < 4.78 is 0. The molecule has 5 nitrogen and oxygen atoms in total. The molecule has 0 aromatic heterocycles. The lowest BCUT2D eigenvalue weighted by Gasteiger charge is -2.12. The van der Waals surface area contributed by atoms with Gasteiger partial charge in [-0.1, -0.05) is 29.7 Å². The standard InChI is InChI=1S/C14H14N2O3S/c1-9-4-5-10(3-2-6-17)7-11(9)15-13(18)12-8-20-14(19)16-12/h4-5,7,12,17H,6,8H2,1H3,(H,15,18)(H,16,19). The van der Waals surface area contributed by atoms with E-state index in [2.05, 4.69) is 22.5 Å². The number of aryl methyl sites for hydroxylation is 1. The average molecular weight is 290 g/mol. The zero-order chi connectivity index (χ0) is 14.5. The second-order valence-electron chi connectivity index (χ2n) is 4.27. The van der Waals surface area contributed by atoms with Crippen molar-refractivity contribution in [2.75, 3.05) is 17.7 Å². The summed E-state index contributed by atoms with van der Waals surface area (Å²) in [4.78, 5) is 23.1. The van der Waals surface area contributed by atoms with Gasteiger partial charge in [0.1, 0.15) is 12.6 Å². The Morgan fingerprint density at radius 3 is 3.05 bits per heavy atom. The quantitative estimate of drug-likeness (QED) is 0.713. The number of anilines is 1. The van der Waals surface area contributed by atoms with Crippen LogP contribution < -0.4 is 10.6 Å². The van der Waals surface area contributed by atoms with Crippen molar-refractivity contribution in [2.45, 2.75) is 13.0 Å². The topological polar surface area (TPSA) is 78.4 Å². The third kappa shape index (κ3) is 3.53. The first kappa shape index (κ1) is 14.4. The molecule has 1 aliphatic heterocycles. The van der Waals surface area contributed by atoms with E-state index in [4.69, 9.17) is 5.11 Å². The first-order chi connectivity index (χ1) is 9.60. The number of rotatable bonds is 2. The molecule has 3 N–H and O–H groups in total. The third-order valence-electron chi connectivity index (χ3n) is 2.80. The predicted octanol–water partition coefficient (Wildman–Crippen LogP) is 1.10. The van der Waals surface area contributed by atoms with E-state index >= 15 is 0 Å². The smallest absolute Gasteiger partial charge is 0.279 e. The second kappa shape index (κ2) is 6.46. The molecule has 6 heteroatoms. The molecule has 1 heterocycles. The number of thioether (sulfide) groups is 1. The van der Waals surface area contributed by atoms with Gasteiger partial charge in [0.2, 0.25) is 5.91 Å². The fraction of sp³-hybridized carbons (Fsp3) is 0.286. The fourth-order valence-electron chi connectivity index (χ4n) is 1.72. The van der Waals surface area contributed by atoms with Crippen molar-refractivity contribution in [3.05, 3.63) is 29.3 Å². The number of aliphatic hydroxyl groups excluding tert-OH is 1. The molecule has 20 heavy (non-hydrogen) atoms. The van der Waals surface area contributed by atoms with E-state index in [1.54, 1.807) is 6.07 Å². The summed E-state index contributed by atoms with van der Waals surface area (Å²) >= 11 is 1.10. The minimum Gasteiger partial charge on any atom is -0.384 e. The summed E-state index contributed by atoms with van der Waals surface area (Å²) in [6.45, 7) is 1.67. The Kier molecular flexibility index (Phi) is 4.66. The lowest BCUT2D eigenvalue weighted by atomic mass is 10.1. The first-order valence-electron chi connectivity index (χ1n) is 6.04. The molecule has 1 unspecified atom stereocenters. The number of hydrogen-bond donors (Lipinski definition) is 3. The van der Waals surface area contributed by atoms with Crippen LogP contribution in [0, 0.1) is 18.8 Å². The number of amides is 2. The van der Waals surface area contributed by atoms with Gasteiger partial charge in [-0.2, -0.15) is 0 Å². The summed E-state index contributed by atoms with van der Waals surface area (Å²) in [5.41, 5.74) is 2.28. The molecule has 104 valence electrons. The minimum atomic E-state index is -0.501. The van der Waals surface area contributed by atoms with Crippen molar-refractivity contribution in [3.63, 3.8) is 0 Å². The van der Waals surface area contributed by atoms with Crippen LogP contribution in [-0.2, 0) is 4.79 Å². The SMILES string of the molecule is Cc1ccc(C#CCO)cc1NC(=O)C1CSC(=O)N1. The Labute approximate surface area is 121 Å². The van der Waals surface area contributed by atoms with Gasteiger partial charge >= 0.3 is 0 Å². The number of carbonyl (C=O) groups excluding carboxylic acids is 2. The average Bonchev–Trinajstić information content (AvgIpc) is 2.86. The molecule has 2 rings (SSSR count). The van der Waals surface area contributed by atoms with Crippen molar-refractivity contribution in [3.8, 4) is 11.8 Å². The summed E-state index contributed by atoms with van der Waals surface area (Å²) in [6.07, 6.45) is 0. The van der Waals surface area contributed by atoms with Crippen LogP contribution in [0.5, 0.6) is 0 Å². The van der Waals surface area contributed by atoms with Gasteiger partial charge in [0.15, 0.2) is 0 Å². The fourth-order valence-corrected chi connectivity index (χ4v) is 2.50.